The minimum Gasteiger partial charge on any atom is -0.494 e. The zero-order valence-corrected chi connectivity index (χ0v) is 21.2. The second kappa shape index (κ2) is 12.7. The molecule has 0 aliphatic carbocycles. The molecular weight excluding hydrogens is 492 g/mol. The Labute approximate surface area is 210 Å². The van der Waals surface area contributed by atoms with Crippen molar-refractivity contribution < 1.29 is 17.9 Å². The van der Waals surface area contributed by atoms with E-state index in [1.165, 1.54) is 12.1 Å². The third-order valence-corrected chi connectivity index (χ3v) is 7.92. The topological polar surface area (TPSA) is 75.7 Å². The fourth-order valence-corrected chi connectivity index (χ4v) is 5.52. The molecule has 1 N–H and O–H groups in total. The summed E-state index contributed by atoms with van der Waals surface area (Å²) >= 11 is 7.57. The van der Waals surface area contributed by atoms with Gasteiger partial charge in [0.15, 0.2) is 0 Å². The Morgan fingerprint density at radius 3 is 2.32 bits per heavy atom. The number of carbonyl (C=O) groups is 1. The first-order chi connectivity index (χ1) is 16.4. The van der Waals surface area contributed by atoms with E-state index in [-0.39, 0.29) is 17.3 Å². The third-order valence-electron chi connectivity index (χ3n) is 4.78. The highest BCUT2D eigenvalue weighted by Crippen LogP contribution is 2.25. The Morgan fingerprint density at radius 2 is 1.68 bits per heavy atom. The van der Waals surface area contributed by atoms with Crippen molar-refractivity contribution in [1.29, 1.82) is 0 Å². The molecule has 1 amide bonds. The van der Waals surface area contributed by atoms with Crippen LogP contribution in [0.15, 0.2) is 88.7 Å². The summed E-state index contributed by atoms with van der Waals surface area (Å²) < 4.78 is 33.3. The normalized spacial score (nSPS) is 11.1. The van der Waals surface area contributed by atoms with Crippen molar-refractivity contribution in [2.24, 2.45) is 0 Å². The molecule has 0 fully saturated rings. The molecule has 0 aromatic heterocycles. The summed E-state index contributed by atoms with van der Waals surface area (Å²) in [7, 11) is -3.95. The summed E-state index contributed by atoms with van der Waals surface area (Å²) in [5.74, 6) is 1.03. The van der Waals surface area contributed by atoms with E-state index in [1.54, 1.807) is 54.2 Å². The van der Waals surface area contributed by atoms with Crippen molar-refractivity contribution in [3.63, 3.8) is 0 Å². The van der Waals surface area contributed by atoms with Gasteiger partial charge in [-0.25, -0.2) is 8.42 Å². The van der Waals surface area contributed by atoms with Crippen LogP contribution in [0.4, 0.5) is 5.69 Å². The largest absolute Gasteiger partial charge is 0.494 e. The molecule has 9 heteroatoms. The molecule has 6 nitrogen and oxygen atoms in total. The van der Waals surface area contributed by atoms with Crippen LogP contribution in [0, 0.1) is 0 Å². The standard InChI is InChI=1S/C25H27ClN2O4S2/c1-2-32-22-11-15-24(16-12-22)34(30,31)28(21-7-4-3-5-8-21)19-25(29)27-17-6-18-33-23-13-9-20(26)10-14-23/h3-5,7-16H,2,6,17-19H2,1H3,(H,27,29). The number of carbonyl (C=O) groups excluding carboxylic acids is 1. The first kappa shape index (κ1) is 25.9. The lowest BCUT2D eigenvalue weighted by molar-refractivity contribution is -0.119. The highest BCUT2D eigenvalue weighted by Gasteiger charge is 2.27. The van der Waals surface area contributed by atoms with Gasteiger partial charge in [0.2, 0.25) is 5.91 Å². The monoisotopic (exact) mass is 518 g/mol. The number of benzene rings is 3. The number of halogens is 1. The minimum atomic E-state index is -3.95. The number of rotatable bonds is 12. The lowest BCUT2D eigenvalue weighted by atomic mass is 10.3. The number of ether oxygens (including phenoxy) is 1. The number of nitrogens with zero attached hydrogens (tertiary/aromatic N) is 1. The Hall–Kier alpha value is -2.68. The molecule has 0 atom stereocenters. The van der Waals surface area contributed by atoms with Gasteiger partial charge in [0.05, 0.1) is 17.2 Å². The van der Waals surface area contributed by atoms with Gasteiger partial charge in [0.1, 0.15) is 12.3 Å². The highest BCUT2D eigenvalue weighted by molar-refractivity contribution is 7.99. The van der Waals surface area contributed by atoms with E-state index in [0.29, 0.717) is 29.6 Å². The summed E-state index contributed by atoms with van der Waals surface area (Å²) in [6.07, 6.45) is 0.746. The SMILES string of the molecule is CCOc1ccc(S(=O)(=O)N(CC(=O)NCCCSc2ccc(Cl)cc2)c2ccccc2)cc1. The predicted molar refractivity (Wildman–Crippen MR) is 138 cm³/mol. The molecular formula is C25H27ClN2O4S2. The predicted octanol–water partition coefficient (Wildman–Crippen LogP) is 5.23. The molecule has 0 heterocycles. The number of hydrogen-bond acceptors (Lipinski definition) is 5. The molecule has 0 aliphatic heterocycles. The van der Waals surface area contributed by atoms with E-state index in [1.807, 2.05) is 31.2 Å². The number of amides is 1. The number of hydrogen-bond donors (Lipinski definition) is 1. The Balaban J connectivity index is 1.62. The molecule has 0 radical (unpaired) electrons. The molecule has 0 unspecified atom stereocenters. The van der Waals surface area contributed by atoms with E-state index < -0.39 is 10.0 Å². The molecule has 0 saturated carbocycles. The van der Waals surface area contributed by atoms with Gasteiger partial charge in [0, 0.05) is 16.5 Å². The number of nitrogens with one attached hydrogen (secondary N) is 1. The molecule has 3 aromatic rings. The molecule has 0 aliphatic rings. The maximum absolute atomic E-state index is 13.4. The zero-order chi connectivity index (χ0) is 24.4. The van der Waals surface area contributed by atoms with Gasteiger partial charge in [-0.15, -0.1) is 11.8 Å². The average Bonchev–Trinajstić information content (AvgIpc) is 2.84. The van der Waals surface area contributed by atoms with Crippen molar-refractivity contribution in [2.45, 2.75) is 23.1 Å². The summed E-state index contributed by atoms with van der Waals surface area (Å²) in [4.78, 5) is 13.8. The van der Waals surface area contributed by atoms with Crippen LogP contribution >= 0.6 is 23.4 Å². The van der Waals surface area contributed by atoms with Gasteiger partial charge in [-0.05, 0) is 79.8 Å². The quantitative estimate of drug-likeness (QED) is 0.262. The first-order valence-corrected chi connectivity index (χ1v) is 13.7. The smallest absolute Gasteiger partial charge is 0.264 e. The van der Waals surface area contributed by atoms with Gasteiger partial charge in [-0.3, -0.25) is 9.10 Å². The fourth-order valence-electron chi connectivity index (χ4n) is 3.12. The Kier molecular flexibility index (Phi) is 9.68. The van der Waals surface area contributed by atoms with Gasteiger partial charge in [0.25, 0.3) is 10.0 Å². The lowest BCUT2D eigenvalue weighted by Crippen LogP contribution is -2.41. The maximum atomic E-state index is 13.4. The zero-order valence-electron chi connectivity index (χ0n) is 18.8. The molecule has 0 saturated heterocycles. The summed E-state index contributed by atoms with van der Waals surface area (Å²) in [6, 6.07) is 22.4. The number of sulfonamides is 1. The summed E-state index contributed by atoms with van der Waals surface area (Å²) in [6.45, 7) is 2.48. The lowest BCUT2D eigenvalue weighted by Gasteiger charge is -2.24. The van der Waals surface area contributed by atoms with E-state index in [0.717, 1.165) is 21.4 Å². The van der Waals surface area contributed by atoms with Crippen molar-refractivity contribution in [3.8, 4) is 5.75 Å². The highest BCUT2D eigenvalue weighted by atomic mass is 35.5. The Morgan fingerprint density at radius 1 is 1.00 bits per heavy atom. The van der Waals surface area contributed by atoms with Crippen LogP contribution in [-0.2, 0) is 14.8 Å². The number of thioether (sulfide) groups is 1. The molecule has 3 aromatic carbocycles. The van der Waals surface area contributed by atoms with Gasteiger partial charge in [-0.2, -0.15) is 0 Å². The summed E-state index contributed by atoms with van der Waals surface area (Å²) in [5, 5.41) is 3.52. The van der Waals surface area contributed by atoms with Crippen LogP contribution in [0.25, 0.3) is 0 Å². The van der Waals surface area contributed by atoms with Crippen molar-refractivity contribution in [1.82, 2.24) is 5.32 Å². The molecule has 0 spiro atoms. The van der Waals surface area contributed by atoms with Crippen LogP contribution in [0.5, 0.6) is 5.75 Å². The molecule has 0 bridgehead atoms. The van der Waals surface area contributed by atoms with Gasteiger partial charge in [-0.1, -0.05) is 29.8 Å². The van der Waals surface area contributed by atoms with E-state index in [2.05, 4.69) is 5.32 Å². The molecule has 180 valence electrons. The van der Waals surface area contributed by atoms with Crippen molar-refractivity contribution in [3.05, 3.63) is 83.9 Å². The molecule has 34 heavy (non-hydrogen) atoms. The summed E-state index contributed by atoms with van der Waals surface area (Å²) in [5.41, 5.74) is 0.421. The fraction of sp³-hybridized carbons (Fsp3) is 0.240. The maximum Gasteiger partial charge on any atom is 0.264 e. The van der Waals surface area contributed by atoms with Gasteiger partial charge < -0.3 is 10.1 Å². The van der Waals surface area contributed by atoms with Gasteiger partial charge >= 0.3 is 0 Å². The average molecular weight is 519 g/mol. The first-order valence-electron chi connectivity index (χ1n) is 10.9. The van der Waals surface area contributed by atoms with E-state index in [4.69, 9.17) is 16.3 Å². The minimum absolute atomic E-state index is 0.0898. The van der Waals surface area contributed by atoms with E-state index >= 15 is 0 Å². The van der Waals surface area contributed by atoms with Crippen molar-refractivity contribution >= 4 is 45.0 Å². The van der Waals surface area contributed by atoms with Crippen LogP contribution in [0.1, 0.15) is 13.3 Å². The van der Waals surface area contributed by atoms with Crippen LogP contribution in [0.3, 0.4) is 0 Å². The van der Waals surface area contributed by atoms with Crippen LogP contribution < -0.4 is 14.4 Å². The number of anilines is 1. The third kappa shape index (κ3) is 7.41. The van der Waals surface area contributed by atoms with Crippen LogP contribution in [0.2, 0.25) is 5.02 Å². The van der Waals surface area contributed by atoms with E-state index in [9.17, 15) is 13.2 Å². The van der Waals surface area contributed by atoms with Crippen LogP contribution in [-0.4, -0.2) is 39.8 Å². The second-order valence-corrected chi connectivity index (χ2v) is 10.7. The number of para-hydroxylation sites is 1. The Bertz CT molecular complexity index is 1160. The second-order valence-electron chi connectivity index (χ2n) is 7.26. The molecule has 3 rings (SSSR count). The van der Waals surface area contributed by atoms with Crippen molar-refractivity contribution in [2.75, 3.05) is 29.8 Å².